The number of furan rings is 1. The van der Waals surface area contributed by atoms with E-state index in [9.17, 15) is 4.79 Å². The highest BCUT2D eigenvalue weighted by molar-refractivity contribution is 5.96. The van der Waals surface area contributed by atoms with Crippen molar-refractivity contribution < 1.29 is 14.3 Å². The number of aliphatic carboxylic acids is 1. The van der Waals surface area contributed by atoms with Gasteiger partial charge in [-0.3, -0.25) is 4.79 Å². The van der Waals surface area contributed by atoms with Crippen molar-refractivity contribution in [2.24, 2.45) is 0 Å². The van der Waals surface area contributed by atoms with Gasteiger partial charge in [-0.25, -0.2) is 0 Å². The van der Waals surface area contributed by atoms with Crippen molar-refractivity contribution >= 4 is 16.9 Å². The van der Waals surface area contributed by atoms with Gasteiger partial charge in [-0.15, -0.1) is 0 Å². The summed E-state index contributed by atoms with van der Waals surface area (Å²) in [5, 5.41) is 18.8. The predicted molar refractivity (Wildman–Crippen MR) is 87.1 cm³/mol. The van der Waals surface area contributed by atoms with Crippen LogP contribution in [0.15, 0.2) is 46.9 Å². The molecule has 4 nitrogen and oxygen atoms in total. The zero-order valence-corrected chi connectivity index (χ0v) is 12.7. The summed E-state index contributed by atoms with van der Waals surface area (Å²) >= 11 is 0. The second kappa shape index (κ2) is 5.98. The van der Waals surface area contributed by atoms with Crippen LogP contribution in [-0.2, 0) is 17.6 Å². The van der Waals surface area contributed by atoms with E-state index in [1.165, 1.54) is 0 Å². The largest absolute Gasteiger partial charge is 0.481 e. The van der Waals surface area contributed by atoms with Crippen LogP contribution in [0.2, 0.25) is 0 Å². The van der Waals surface area contributed by atoms with Crippen LogP contribution in [0.3, 0.4) is 0 Å². The first kappa shape index (κ1) is 14.9. The molecule has 0 saturated carbocycles. The molecule has 0 spiro atoms. The molecule has 0 radical (unpaired) electrons. The lowest BCUT2D eigenvalue weighted by Crippen LogP contribution is -1.99. The molecule has 0 bridgehead atoms. The molecule has 3 rings (SSSR count). The molecule has 0 unspecified atom stereocenters. The molecule has 0 atom stereocenters. The van der Waals surface area contributed by atoms with Gasteiger partial charge in [0.15, 0.2) is 0 Å². The summed E-state index contributed by atoms with van der Waals surface area (Å²) in [6, 6.07) is 14.9. The van der Waals surface area contributed by atoms with Crippen LogP contribution in [0.1, 0.15) is 23.8 Å². The van der Waals surface area contributed by atoms with Gasteiger partial charge < -0.3 is 9.52 Å². The van der Waals surface area contributed by atoms with Crippen LogP contribution < -0.4 is 0 Å². The summed E-state index contributed by atoms with van der Waals surface area (Å²) in [5.74, 6) is 0.000616. The fraction of sp³-hybridized carbons (Fsp3) is 0.158. The minimum absolute atomic E-state index is 0.0185. The van der Waals surface area contributed by atoms with Gasteiger partial charge in [0.05, 0.1) is 18.1 Å². The first-order chi connectivity index (χ1) is 11.1. The molecule has 114 valence electrons. The first-order valence-corrected chi connectivity index (χ1v) is 7.39. The Morgan fingerprint density at radius 1 is 1.22 bits per heavy atom. The molecule has 0 saturated heterocycles. The smallest absolute Gasteiger partial charge is 0.307 e. The van der Waals surface area contributed by atoms with Crippen molar-refractivity contribution in [3.63, 3.8) is 0 Å². The van der Waals surface area contributed by atoms with E-state index < -0.39 is 5.97 Å². The van der Waals surface area contributed by atoms with Crippen molar-refractivity contribution in [2.75, 3.05) is 0 Å². The molecule has 23 heavy (non-hydrogen) atoms. The zero-order chi connectivity index (χ0) is 16.4. The van der Waals surface area contributed by atoms with E-state index >= 15 is 0 Å². The molecule has 1 aromatic heterocycles. The Balaban J connectivity index is 2.19. The lowest BCUT2D eigenvalue weighted by Gasteiger charge is -2.03. The average molecular weight is 305 g/mol. The molecule has 0 aliphatic carbocycles. The van der Waals surface area contributed by atoms with E-state index in [0.29, 0.717) is 5.56 Å². The van der Waals surface area contributed by atoms with Crippen LogP contribution >= 0.6 is 0 Å². The van der Waals surface area contributed by atoms with Gasteiger partial charge in [-0.05, 0) is 35.4 Å². The fourth-order valence-electron chi connectivity index (χ4n) is 2.76. The van der Waals surface area contributed by atoms with E-state index in [0.717, 1.165) is 39.8 Å². The fourth-order valence-corrected chi connectivity index (χ4v) is 2.76. The van der Waals surface area contributed by atoms with Crippen molar-refractivity contribution in [1.29, 1.82) is 5.26 Å². The highest BCUT2D eigenvalue weighted by Gasteiger charge is 2.16. The summed E-state index contributed by atoms with van der Waals surface area (Å²) in [6.07, 6.45) is 0.716. The van der Waals surface area contributed by atoms with Gasteiger partial charge in [0, 0.05) is 17.4 Å². The molecule has 4 heteroatoms. The predicted octanol–water partition coefficient (Wildman–Crippen LogP) is 4.16. The number of hydrogen-bond acceptors (Lipinski definition) is 3. The molecule has 2 aromatic carbocycles. The third-order valence-electron chi connectivity index (χ3n) is 3.80. The zero-order valence-electron chi connectivity index (χ0n) is 12.7. The molecule has 0 aliphatic rings. The van der Waals surface area contributed by atoms with Crippen LogP contribution in [0.25, 0.3) is 22.1 Å². The maximum Gasteiger partial charge on any atom is 0.307 e. The lowest BCUT2D eigenvalue weighted by molar-refractivity contribution is -0.136. The van der Waals surface area contributed by atoms with Crippen LogP contribution in [-0.4, -0.2) is 11.1 Å². The highest BCUT2D eigenvalue weighted by atomic mass is 16.4. The minimum atomic E-state index is -0.858. The summed E-state index contributed by atoms with van der Waals surface area (Å²) < 4.78 is 5.91. The number of benzene rings is 2. The molecular weight excluding hydrogens is 290 g/mol. The lowest BCUT2D eigenvalue weighted by atomic mass is 9.98. The van der Waals surface area contributed by atoms with E-state index in [-0.39, 0.29) is 6.42 Å². The van der Waals surface area contributed by atoms with Gasteiger partial charge in [-0.1, -0.05) is 25.1 Å². The molecule has 3 aromatic rings. The normalized spacial score (nSPS) is 10.6. The molecule has 0 aliphatic heterocycles. The number of aryl methyl sites for hydroxylation is 1. The van der Waals surface area contributed by atoms with E-state index in [2.05, 4.69) is 6.07 Å². The van der Waals surface area contributed by atoms with Crippen molar-refractivity contribution in [1.82, 2.24) is 0 Å². The maximum absolute atomic E-state index is 10.9. The van der Waals surface area contributed by atoms with E-state index in [1.807, 2.05) is 31.2 Å². The average Bonchev–Trinajstić information content (AvgIpc) is 2.92. The molecule has 1 N–H and O–H groups in total. The number of nitriles is 1. The summed E-state index contributed by atoms with van der Waals surface area (Å²) in [6.45, 7) is 2.02. The third kappa shape index (κ3) is 2.82. The number of carboxylic acid groups (broad SMARTS) is 1. The monoisotopic (exact) mass is 305 g/mol. The summed E-state index contributed by atoms with van der Waals surface area (Å²) in [4.78, 5) is 10.9. The Morgan fingerprint density at radius 3 is 2.57 bits per heavy atom. The van der Waals surface area contributed by atoms with E-state index in [4.69, 9.17) is 14.8 Å². The van der Waals surface area contributed by atoms with Crippen molar-refractivity contribution in [2.45, 2.75) is 19.8 Å². The number of fused-ring (bicyclic) bond motifs is 1. The van der Waals surface area contributed by atoms with Crippen LogP contribution in [0.5, 0.6) is 0 Å². The Bertz CT molecular complexity index is 914. The summed E-state index contributed by atoms with van der Waals surface area (Å²) in [7, 11) is 0. The number of carbonyl (C=O) groups is 1. The highest BCUT2D eigenvalue weighted by Crippen LogP contribution is 2.36. The number of nitrogens with zero attached hydrogens (tertiary/aromatic N) is 1. The van der Waals surface area contributed by atoms with Crippen LogP contribution in [0, 0.1) is 11.3 Å². The van der Waals surface area contributed by atoms with Crippen molar-refractivity contribution in [3.05, 3.63) is 59.4 Å². The molecule has 0 fully saturated rings. The molecule has 0 amide bonds. The number of hydrogen-bond donors (Lipinski definition) is 1. The summed E-state index contributed by atoms with van der Waals surface area (Å²) in [5.41, 5.74) is 4.02. The second-order valence-electron chi connectivity index (χ2n) is 5.34. The van der Waals surface area contributed by atoms with Gasteiger partial charge in [0.1, 0.15) is 11.3 Å². The van der Waals surface area contributed by atoms with Gasteiger partial charge in [-0.2, -0.15) is 5.26 Å². The second-order valence-corrected chi connectivity index (χ2v) is 5.34. The van der Waals surface area contributed by atoms with Gasteiger partial charge in [0.25, 0.3) is 0 Å². The van der Waals surface area contributed by atoms with Crippen LogP contribution in [0.4, 0.5) is 0 Å². The first-order valence-electron chi connectivity index (χ1n) is 7.39. The topological polar surface area (TPSA) is 74.2 Å². The standard InChI is InChI=1S/C19H15NO3/c1-2-16-19(14-6-3-12(11-20)4-7-14)15-9-13(10-18(21)22)5-8-17(15)23-16/h3-9H,2,10H2,1H3,(H,21,22). The molecular formula is C19H15NO3. The molecule has 1 heterocycles. The Hall–Kier alpha value is -3.06. The SMILES string of the molecule is CCc1oc2ccc(CC(=O)O)cc2c1-c1ccc(C#N)cc1. The maximum atomic E-state index is 10.9. The Morgan fingerprint density at radius 2 is 1.96 bits per heavy atom. The quantitative estimate of drug-likeness (QED) is 0.785. The number of carboxylic acids is 1. The van der Waals surface area contributed by atoms with Crippen molar-refractivity contribution in [3.8, 4) is 17.2 Å². The minimum Gasteiger partial charge on any atom is -0.481 e. The third-order valence-corrected chi connectivity index (χ3v) is 3.80. The number of rotatable bonds is 4. The van der Waals surface area contributed by atoms with Gasteiger partial charge >= 0.3 is 5.97 Å². The Labute approximate surface area is 133 Å². The Kier molecular flexibility index (Phi) is 3.86. The van der Waals surface area contributed by atoms with E-state index in [1.54, 1.807) is 18.2 Å². The van der Waals surface area contributed by atoms with Gasteiger partial charge in [0.2, 0.25) is 0 Å².